The van der Waals surface area contributed by atoms with Crippen LogP contribution in [0.2, 0.25) is 0 Å². The molecule has 0 aromatic heterocycles. The summed E-state index contributed by atoms with van der Waals surface area (Å²) in [5.41, 5.74) is 1.92. The summed E-state index contributed by atoms with van der Waals surface area (Å²) in [6.45, 7) is 0.240. The Kier molecular flexibility index (Phi) is 9.47. The number of halogens is 1. The zero-order valence-electron chi connectivity index (χ0n) is 18.8. The summed E-state index contributed by atoms with van der Waals surface area (Å²) >= 11 is 3.38. The topological polar surface area (TPSA) is 113 Å². The summed E-state index contributed by atoms with van der Waals surface area (Å²) in [5.74, 6) is -0.294. The third-order valence-electron chi connectivity index (χ3n) is 5.01. The maximum absolute atomic E-state index is 12.5. The molecule has 1 atom stereocenters. The smallest absolute Gasteiger partial charge is 0.303 e. The Morgan fingerprint density at radius 3 is 2.57 bits per heavy atom. The first-order valence-electron chi connectivity index (χ1n) is 10.9. The highest BCUT2D eigenvalue weighted by atomic mass is 79.9. The summed E-state index contributed by atoms with van der Waals surface area (Å²) in [7, 11) is -3.69. The Balaban J connectivity index is 1.55. The van der Waals surface area contributed by atoms with E-state index in [2.05, 4.69) is 20.7 Å². The van der Waals surface area contributed by atoms with E-state index in [0.717, 1.165) is 15.6 Å². The summed E-state index contributed by atoms with van der Waals surface area (Å²) in [5, 5.41) is 19.3. The van der Waals surface area contributed by atoms with Crippen LogP contribution in [0.25, 0.3) is 6.08 Å². The third-order valence-corrected chi connectivity index (χ3v) is 6.90. The van der Waals surface area contributed by atoms with Crippen LogP contribution in [0.5, 0.6) is 5.75 Å². The SMILES string of the molecule is O=C(O)CCc1cc(Br)ccc1OCC[C@@H](O)/C=C/c1cccc(NS(=O)(=O)c2ccccc2)c1. The number of carbonyl (C=O) groups is 1. The number of aliphatic hydroxyl groups excluding tert-OH is 1. The first-order valence-corrected chi connectivity index (χ1v) is 13.2. The second-order valence-electron chi connectivity index (χ2n) is 7.75. The van der Waals surface area contributed by atoms with E-state index < -0.39 is 22.1 Å². The number of carboxylic acid groups (broad SMARTS) is 1. The lowest BCUT2D eigenvalue weighted by molar-refractivity contribution is -0.136. The van der Waals surface area contributed by atoms with Gasteiger partial charge in [0.15, 0.2) is 0 Å². The maximum atomic E-state index is 12.5. The van der Waals surface area contributed by atoms with Gasteiger partial charge >= 0.3 is 5.97 Å². The van der Waals surface area contributed by atoms with E-state index in [1.807, 2.05) is 12.1 Å². The van der Waals surface area contributed by atoms with Crippen molar-refractivity contribution >= 4 is 43.7 Å². The standard InChI is InChI=1S/C26H26BrNO6S/c27-21-11-13-25(20(18-21)10-14-26(30)31)34-16-15-23(29)12-9-19-5-4-6-22(17-19)28-35(32,33)24-7-2-1-3-8-24/h1-9,11-13,17-18,23,28-29H,10,14-16H2,(H,30,31)/b12-9+/t23-/m0/s1. The van der Waals surface area contributed by atoms with E-state index in [0.29, 0.717) is 24.3 Å². The summed E-state index contributed by atoms with van der Waals surface area (Å²) in [6, 6.07) is 20.4. The molecule has 0 saturated carbocycles. The number of anilines is 1. The van der Waals surface area contributed by atoms with Crippen molar-refractivity contribution in [1.29, 1.82) is 0 Å². The molecular weight excluding hydrogens is 534 g/mol. The van der Waals surface area contributed by atoms with E-state index in [-0.39, 0.29) is 17.9 Å². The van der Waals surface area contributed by atoms with E-state index in [4.69, 9.17) is 9.84 Å². The average Bonchev–Trinajstić information content (AvgIpc) is 2.83. The fraction of sp³-hybridized carbons (Fsp3) is 0.192. The number of rotatable bonds is 12. The lowest BCUT2D eigenvalue weighted by atomic mass is 10.1. The molecular formula is C26H26BrNO6S. The Labute approximate surface area is 213 Å². The Hall–Kier alpha value is -3.14. The highest BCUT2D eigenvalue weighted by molar-refractivity contribution is 9.10. The number of benzene rings is 3. The van der Waals surface area contributed by atoms with Gasteiger partial charge in [0.2, 0.25) is 0 Å². The minimum Gasteiger partial charge on any atom is -0.493 e. The molecule has 3 aromatic carbocycles. The highest BCUT2D eigenvalue weighted by Gasteiger charge is 2.13. The first kappa shape index (κ1) is 26.5. The first-order chi connectivity index (χ1) is 16.7. The number of hydrogen-bond acceptors (Lipinski definition) is 5. The van der Waals surface area contributed by atoms with Crippen LogP contribution in [0.4, 0.5) is 5.69 Å². The molecule has 0 unspecified atom stereocenters. The van der Waals surface area contributed by atoms with Crippen LogP contribution < -0.4 is 9.46 Å². The van der Waals surface area contributed by atoms with Crippen LogP contribution in [0, 0.1) is 0 Å². The lowest BCUT2D eigenvalue weighted by Gasteiger charge is -2.13. The predicted molar refractivity (Wildman–Crippen MR) is 139 cm³/mol. The van der Waals surface area contributed by atoms with Gasteiger partial charge in [-0.15, -0.1) is 0 Å². The highest BCUT2D eigenvalue weighted by Crippen LogP contribution is 2.25. The van der Waals surface area contributed by atoms with Gasteiger partial charge in [-0.05, 0) is 60.0 Å². The molecule has 7 nitrogen and oxygen atoms in total. The van der Waals surface area contributed by atoms with Gasteiger partial charge in [-0.25, -0.2) is 8.42 Å². The fourth-order valence-corrected chi connectivity index (χ4v) is 4.73. The van der Waals surface area contributed by atoms with Gasteiger partial charge in [-0.2, -0.15) is 0 Å². The summed E-state index contributed by atoms with van der Waals surface area (Å²) in [4.78, 5) is 11.1. The number of aryl methyl sites for hydroxylation is 1. The molecule has 184 valence electrons. The molecule has 0 aliphatic carbocycles. The van der Waals surface area contributed by atoms with Crippen molar-refractivity contribution in [2.24, 2.45) is 0 Å². The minimum absolute atomic E-state index is 0.00124. The van der Waals surface area contributed by atoms with Crippen LogP contribution in [-0.2, 0) is 21.2 Å². The van der Waals surface area contributed by atoms with Crippen LogP contribution in [0.15, 0.2) is 88.2 Å². The lowest BCUT2D eigenvalue weighted by Crippen LogP contribution is -2.12. The molecule has 0 spiro atoms. The Bertz CT molecular complexity index is 1280. The van der Waals surface area contributed by atoms with E-state index >= 15 is 0 Å². The molecule has 0 radical (unpaired) electrons. The van der Waals surface area contributed by atoms with Gasteiger partial charge in [0, 0.05) is 23.0 Å². The van der Waals surface area contributed by atoms with Gasteiger partial charge in [0.25, 0.3) is 10.0 Å². The second-order valence-corrected chi connectivity index (χ2v) is 10.4. The van der Waals surface area contributed by atoms with Crippen molar-refractivity contribution < 1.29 is 28.2 Å². The molecule has 0 saturated heterocycles. The molecule has 0 aliphatic heterocycles. The number of carboxylic acids is 1. The summed E-state index contributed by atoms with van der Waals surface area (Å²) in [6.07, 6.45) is 3.21. The third kappa shape index (κ3) is 8.54. The molecule has 3 N–H and O–H groups in total. The number of aliphatic hydroxyl groups is 1. The maximum Gasteiger partial charge on any atom is 0.303 e. The molecule has 0 fully saturated rings. The van der Waals surface area contributed by atoms with Crippen molar-refractivity contribution in [3.05, 3.63) is 94.5 Å². The quantitative estimate of drug-likeness (QED) is 0.284. The van der Waals surface area contributed by atoms with Crippen molar-refractivity contribution in [2.75, 3.05) is 11.3 Å². The molecule has 0 bridgehead atoms. The largest absolute Gasteiger partial charge is 0.493 e. The molecule has 3 rings (SSSR count). The molecule has 3 aromatic rings. The van der Waals surface area contributed by atoms with Crippen molar-refractivity contribution in [2.45, 2.75) is 30.3 Å². The molecule has 0 aliphatic rings. The monoisotopic (exact) mass is 559 g/mol. The van der Waals surface area contributed by atoms with E-state index in [9.17, 15) is 18.3 Å². The molecule has 9 heteroatoms. The van der Waals surface area contributed by atoms with Crippen LogP contribution >= 0.6 is 15.9 Å². The Morgan fingerprint density at radius 2 is 1.83 bits per heavy atom. The van der Waals surface area contributed by atoms with Gasteiger partial charge in [-0.1, -0.05) is 58.4 Å². The predicted octanol–water partition coefficient (Wildman–Crippen LogP) is 5.11. The molecule has 0 heterocycles. The minimum atomic E-state index is -3.69. The number of hydrogen-bond donors (Lipinski definition) is 3. The van der Waals surface area contributed by atoms with Gasteiger partial charge in [0.05, 0.1) is 17.6 Å². The zero-order chi connectivity index (χ0) is 25.3. The van der Waals surface area contributed by atoms with Gasteiger partial charge < -0.3 is 14.9 Å². The number of sulfonamides is 1. The van der Waals surface area contributed by atoms with Crippen LogP contribution in [-0.4, -0.2) is 37.3 Å². The average molecular weight is 560 g/mol. The van der Waals surface area contributed by atoms with Gasteiger partial charge in [0.1, 0.15) is 5.75 Å². The van der Waals surface area contributed by atoms with Crippen molar-refractivity contribution in [3.8, 4) is 5.75 Å². The number of ether oxygens (including phenoxy) is 1. The van der Waals surface area contributed by atoms with E-state index in [1.165, 1.54) is 12.1 Å². The Morgan fingerprint density at radius 1 is 1.06 bits per heavy atom. The number of aliphatic carboxylic acids is 1. The van der Waals surface area contributed by atoms with Crippen LogP contribution in [0.1, 0.15) is 24.0 Å². The van der Waals surface area contributed by atoms with Gasteiger partial charge in [-0.3, -0.25) is 9.52 Å². The normalized spacial score (nSPS) is 12.4. The zero-order valence-corrected chi connectivity index (χ0v) is 21.2. The van der Waals surface area contributed by atoms with Crippen LogP contribution in [0.3, 0.4) is 0 Å². The van der Waals surface area contributed by atoms with Crippen molar-refractivity contribution in [1.82, 2.24) is 0 Å². The van der Waals surface area contributed by atoms with Crippen molar-refractivity contribution in [3.63, 3.8) is 0 Å². The number of nitrogens with one attached hydrogen (secondary N) is 1. The molecule has 35 heavy (non-hydrogen) atoms. The second kappa shape index (κ2) is 12.5. The van der Waals surface area contributed by atoms with E-state index in [1.54, 1.807) is 60.7 Å². The fourth-order valence-electron chi connectivity index (χ4n) is 3.25. The molecule has 0 amide bonds. The summed E-state index contributed by atoms with van der Waals surface area (Å²) < 4.78 is 34.2.